The van der Waals surface area contributed by atoms with Crippen molar-refractivity contribution < 1.29 is 19.8 Å². The van der Waals surface area contributed by atoms with Gasteiger partial charge in [0.15, 0.2) is 6.10 Å². The minimum absolute atomic E-state index is 0.195. The molecule has 5 nitrogen and oxygen atoms in total. The monoisotopic (exact) mass is 433 g/mol. The smallest absolute Gasteiger partial charge is 0.332 e. The topological polar surface area (TPSA) is 77.8 Å². The van der Waals surface area contributed by atoms with Crippen LogP contribution < -0.4 is 0 Å². The second-order valence-electron chi connectivity index (χ2n) is 7.81. The van der Waals surface area contributed by atoms with Crippen molar-refractivity contribution >= 4 is 23.6 Å². The number of hydrogen-bond acceptors (Lipinski definition) is 4. The molecule has 1 amide bonds. The highest BCUT2D eigenvalue weighted by molar-refractivity contribution is 7.99. The molecule has 0 saturated carbocycles. The first-order chi connectivity index (χ1) is 14.6. The van der Waals surface area contributed by atoms with Gasteiger partial charge >= 0.3 is 5.97 Å². The Bertz CT molecular complexity index is 664. The van der Waals surface area contributed by atoms with Gasteiger partial charge < -0.3 is 15.1 Å². The Balaban J connectivity index is 1.55. The molecule has 1 saturated heterocycles. The first-order valence-electron chi connectivity index (χ1n) is 11.1. The predicted molar refractivity (Wildman–Crippen MR) is 123 cm³/mol. The lowest BCUT2D eigenvalue weighted by Gasteiger charge is -2.22. The van der Waals surface area contributed by atoms with Crippen LogP contribution in [0.15, 0.2) is 42.5 Å². The summed E-state index contributed by atoms with van der Waals surface area (Å²) in [5.41, 5.74) is 1.42. The summed E-state index contributed by atoms with van der Waals surface area (Å²) in [5.74, 6) is 0.382. The van der Waals surface area contributed by atoms with Crippen LogP contribution in [0.1, 0.15) is 56.9 Å². The number of carboxylic acids is 1. The van der Waals surface area contributed by atoms with Gasteiger partial charge in [-0.3, -0.25) is 4.79 Å². The lowest BCUT2D eigenvalue weighted by molar-refractivity contribution is -0.146. The highest BCUT2D eigenvalue weighted by Crippen LogP contribution is 2.21. The second kappa shape index (κ2) is 14.3. The van der Waals surface area contributed by atoms with Gasteiger partial charge in [0.2, 0.25) is 5.91 Å². The van der Waals surface area contributed by atoms with Gasteiger partial charge in [0, 0.05) is 18.7 Å². The first-order valence-corrected chi connectivity index (χ1v) is 12.2. The minimum atomic E-state index is -1.29. The van der Waals surface area contributed by atoms with Crippen molar-refractivity contribution in [2.24, 2.45) is 0 Å². The molecule has 0 aliphatic carbocycles. The van der Waals surface area contributed by atoms with Crippen molar-refractivity contribution in [3.8, 4) is 0 Å². The number of unbranched alkanes of at least 4 members (excludes halogenated alkanes) is 4. The summed E-state index contributed by atoms with van der Waals surface area (Å²) in [6.07, 6.45) is 12.0. The Morgan fingerprint density at radius 1 is 1.17 bits per heavy atom. The quantitative estimate of drug-likeness (QED) is 0.319. The maximum Gasteiger partial charge on any atom is 0.332 e. The third-order valence-electron chi connectivity index (χ3n) is 5.46. The van der Waals surface area contributed by atoms with Crippen LogP contribution in [0.5, 0.6) is 0 Å². The van der Waals surface area contributed by atoms with Crippen LogP contribution in [0, 0.1) is 0 Å². The van der Waals surface area contributed by atoms with Crippen LogP contribution in [0.25, 0.3) is 0 Å². The van der Waals surface area contributed by atoms with Gasteiger partial charge in [-0.05, 0) is 49.8 Å². The average molecular weight is 434 g/mol. The van der Waals surface area contributed by atoms with E-state index < -0.39 is 12.1 Å². The van der Waals surface area contributed by atoms with Crippen molar-refractivity contribution in [1.82, 2.24) is 4.90 Å². The molecule has 6 heteroatoms. The number of aliphatic hydroxyl groups is 1. The molecule has 0 radical (unpaired) electrons. The van der Waals surface area contributed by atoms with Gasteiger partial charge in [0.25, 0.3) is 0 Å². The summed E-state index contributed by atoms with van der Waals surface area (Å²) >= 11 is 1.59. The highest BCUT2D eigenvalue weighted by atomic mass is 32.2. The van der Waals surface area contributed by atoms with Gasteiger partial charge in [0.1, 0.15) is 0 Å². The lowest BCUT2D eigenvalue weighted by atomic mass is 10.1. The van der Waals surface area contributed by atoms with Crippen molar-refractivity contribution in [1.29, 1.82) is 0 Å². The van der Waals surface area contributed by atoms with Crippen LogP contribution in [0.4, 0.5) is 0 Å². The van der Waals surface area contributed by atoms with Crippen LogP contribution in [0.2, 0.25) is 0 Å². The number of carboxylic acid groups (broad SMARTS) is 1. The van der Waals surface area contributed by atoms with Crippen molar-refractivity contribution in [3.05, 3.63) is 48.0 Å². The molecule has 1 aromatic rings. The number of aliphatic carboxylic acids is 1. The second-order valence-corrected chi connectivity index (χ2v) is 9.04. The Kier molecular flexibility index (Phi) is 11.6. The van der Waals surface area contributed by atoms with E-state index in [9.17, 15) is 14.7 Å². The molecule has 1 unspecified atom stereocenters. The van der Waals surface area contributed by atoms with E-state index in [1.165, 1.54) is 31.2 Å². The van der Waals surface area contributed by atoms with Gasteiger partial charge in [-0.2, -0.15) is 11.8 Å². The zero-order valence-corrected chi connectivity index (χ0v) is 18.6. The van der Waals surface area contributed by atoms with E-state index in [-0.39, 0.29) is 18.4 Å². The van der Waals surface area contributed by atoms with Crippen molar-refractivity contribution in [2.45, 2.75) is 69.9 Å². The number of hydrogen-bond donors (Lipinski definition) is 2. The molecule has 2 atom stereocenters. The standard InChI is InChI=1S/C24H35NO4S/c26-22(24(28)29)16-18-30-19-17-25-21(14-15-23(25)27)13-9-4-2-1-3-6-10-20-11-7-5-8-12-20/h5,7-9,11-13,21-22,26H,1-4,6,10,14-19H2,(H,28,29)/t21-,22?/m0/s1. The Morgan fingerprint density at radius 3 is 2.70 bits per heavy atom. The van der Waals surface area contributed by atoms with E-state index in [1.807, 2.05) is 4.90 Å². The van der Waals surface area contributed by atoms with E-state index >= 15 is 0 Å². The van der Waals surface area contributed by atoms with E-state index in [2.05, 4.69) is 42.5 Å². The molecule has 0 aromatic heterocycles. The van der Waals surface area contributed by atoms with Gasteiger partial charge in [-0.25, -0.2) is 4.79 Å². The fraction of sp³-hybridized carbons (Fsp3) is 0.583. The van der Waals surface area contributed by atoms with Crippen LogP contribution in [0.3, 0.4) is 0 Å². The summed E-state index contributed by atoms with van der Waals surface area (Å²) < 4.78 is 0. The number of carbonyl (C=O) groups is 2. The molecule has 1 fully saturated rings. The summed E-state index contributed by atoms with van der Waals surface area (Å²) in [6, 6.07) is 10.8. The predicted octanol–water partition coefficient (Wildman–Crippen LogP) is 4.30. The summed E-state index contributed by atoms with van der Waals surface area (Å²) in [4.78, 5) is 24.7. The summed E-state index contributed by atoms with van der Waals surface area (Å²) in [7, 11) is 0. The number of thioether (sulfide) groups is 1. The molecule has 2 rings (SSSR count). The number of amides is 1. The molecule has 0 spiro atoms. The minimum Gasteiger partial charge on any atom is -0.479 e. The summed E-state index contributed by atoms with van der Waals surface area (Å²) in [6.45, 7) is 0.682. The van der Waals surface area contributed by atoms with Gasteiger partial charge in [-0.1, -0.05) is 55.3 Å². The van der Waals surface area contributed by atoms with Gasteiger partial charge in [-0.15, -0.1) is 0 Å². The van der Waals surface area contributed by atoms with Crippen molar-refractivity contribution in [2.75, 3.05) is 18.1 Å². The Hall–Kier alpha value is -1.79. The number of rotatable bonds is 15. The van der Waals surface area contributed by atoms with E-state index in [1.54, 1.807) is 11.8 Å². The SMILES string of the molecule is O=C(O)C(O)CCSCCN1C(=O)CC[C@@H]1C=CCCCCCCc1ccccc1. The maximum absolute atomic E-state index is 12.1. The number of likely N-dealkylation sites (tertiary alicyclic amines) is 1. The lowest BCUT2D eigenvalue weighted by Crippen LogP contribution is -2.33. The maximum atomic E-state index is 12.1. The molecule has 1 aliphatic rings. The van der Waals surface area contributed by atoms with Gasteiger partial charge in [0.05, 0.1) is 6.04 Å². The molecule has 30 heavy (non-hydrogen) atoms. The normalized spacial score (nSPS) is 17.7. The third kappa shape index (κ3) is 9.35. The van der Waals surface area contributed by atoms with Crippen LogP contribution >= 0.6 is 11.8 Å². The van der Waals surface area contributed by atoms with E-state index in [0.29, 0.717) is 18.7 Å². The largest absolute Gasteiger partial charge is 0.479 e. The van der Waals surface area contributed by atoms with Crippen LogP contribution in [-0.2, 0) is 16.0 Å². The molecule has 2 N–H and O–H groups in total. The van der Waals surface area contributed by atoms with Crippen molar-refractivity contribution in [3.63, 3.8) is 0 Å². The average Bonchev–Trinajstić information content (AvgIpc) is 3.09. The number of nitrogens with zero attached hydrogens (tertiary/aromatic N) is 1. The fourth-order valence-corrected chi connectivity index (χ4v) is 4.59. The highest BCUT2D eigenvalue weighted by Gasteiger charge is 2.28. The van der Waals surface area contributed by atoms with Crippen LogP contribution in [-0.4, -0.2) is 57.2 Å². The molecule has 1 heterocycles. The number of carbonyl (C=O) groups excluding carboxylic acids is 1. The zero-order valence-electron chi connectivity index (χ0n) is 17.7. The molecular formula is C24H35NO4S. The number of benzene rings is 1. The molecule has 0 bridgehead atoms. The van der Waals surface area contributed by atoms with E-state index in [0.717, 1.165) is 25.0 Å². The first kappa shape index (κ1) is 24.5. The Morgan fingerprint density at radius 2 is 1.93 bits per heavy atom. The van der Waals surface area contributed by atoms with E-state index in [4.69, 9.17) is 5.11 Å². The zero-order chi connectivity index (χ0) is 21.6. The number of aryl methyl sites for hydroxylation is 1. The molecular weight excluding hydrogens is 398 g/mol. The molecule has 1 aromatic carbocycles. The number of allylic oxidation sites excluding steroid dienone is 1. The number of aliphatic hydroxyl groups excluding tert-OH is 1. The summed E-state index contributed by atoms with van der Waals surface area (Å²) in [5, 5.41) is 17.9. The third-order valence-corrected chi connectivity index (χ3v) is 6.45. The fourth-order valence-electron chi connectivity index (χ4n) is 3.67. The Labute approximate surface area is 184 Å². The molecule has 1 aliphatic heterocycles. The molecule has 166 valence electrons.